The van der Waals surface area contributed by atoms with E-state index in [1.807, 2.05) is 24.3 Å². The van der Waals surface area contributed by atoms with Crippen LogP contribution in [0.4, 0.5) is 41.1 Å². The number of halogens is 6. The number of nitrogens with zero attached hydrogens (tertiary/aromatic N) is 6. The fourth-order valence-electron chi connectivity index (χ4n) is 3.00. The average Bonchev–Trinajstić information content (AvgIpc) is 2.84. The minimum absolute atomic E-state index is 0.0713. The Morgan fingerprint density at radius 3 is 2.49 bits per heavy atom. The predicted molar refractivity (Wildman–Crippen MR) is 133 cm³/mol. The molecule has 2 aromatic heterocycles. The third-order valence-corrected chi connectivity index (χ3v) is 5.41. The average molecular weight is 596 g/mol. The summed E-state index contributed by atoms with van der Waals surface area (Å²) in [4.78, 5) is 16.5. The fourth-order valence-corrected chi connectivity index (χ4v) is 3.56. The van der Waals surface area contributed by atoms with Crippen molar-refractivity contribution in [1.29, 1.82) is 0 Å². The van der Waals surface area contributed by atoms with Gasteiger partial charge in [0.25, 0.3) is 5.95 Å². The number of pyridine rings is 1. The molecule has 0 fully saturated rings. The number of aromatic nitrogens is 4. The second-order valence-electron chi connectivity index (χ2n) is 7.47. The Balaban J connectivity index is 1.59. The maximum absolute atomic E-state index is 13.7. The Hall–Kier alpha value is -3.71. The number of anilines is 3. The van der Waals surface area contributed by atoms with Gasteiger partial charge in [-0.3, -0.25) is 0 Å². The zero-order chi connectivity index (χ0) is 26.4. The van der Waals surface area contributed by atoms with E-state index in [0.717, 1.165) is 21.7 Å². The molecule has 14 heteroatoms. The minimum atomic E-state index is -4.87. The summed E-state index contributed by atoms with van der Waals surface area (Å²) in [5.41, 5.74) is 0.148. The second-order valence-corrected chi connectivity index (χ2v) is 8.78. The zero-order valence-corrected chi connectivity index (χ0v) is 21.0. The molecule has 2 N–H and O–H groups in total. The van der Waals surface area contributed by atoms with Crippen LogP contribution in [0.1, 0.15) is 16.7 Å². The number of rotatable bonds is 8. The highest BCUT2D eigenvalue weighted by atomic mass is 79.9. The van der Waals surface area contributed by atoms with Crippen molar-refractivity contribution in [2.45, 2.75) is 19.3 Å². The monoisotopic (exact) mass is 594 g/mol. The highest BCUT2D eigenvalue weighted by Gasteiger charge is 2.34. The molecule has 37 heavy (non-hydrogen) atoms. The Labute approximate surface area is 221 Å². The molecule has 190 valence electrons. The van der Waals surface area contributed by atoms with Crippen LogP contribution in [0.2, 0.25) is 5.15 Å². The number of hydrogen-bond acceptors (Lipinski definition) is 8. The maximum Gasteiger partial charge on any atom is 0.419 e. The van der Waals surface area contributed by atoms with E-state index < -0.39 is 17.6 Å². The van der Waals surface area contributed by atoms with Crippen molar-refractivity contribution in [3.8, 4) is 0 Å². The van der Waals surface area contributed by atoms with Gasteiger partial charge in [0.1, 0.15) is 11.0 Å². The summed E-state index contributed by atoms with van der Waals surface area (Å²) in [7, 11) is 0. The lowest BCUT2D eigenvalue weighted by Gasteiger charge is -2.12. The molecule has 0 aliphatic rings. The number of alkyl halides is 3. The van der Waals surface area contributed by atoms with Crippen molar-refractivity contribution in [2.24, 2.45) is 10.2 Å². The van der Waals surface area contributed by atoms with Crippen LogP contribution in [0.5, 0.6) is 0 Å². The Morgan fingerprint density at radius 2 is 1.76 bits per heavy atom. The van der Waals surface area contributed by atoms with Gasteiger partial charge in [0.15, 0.2) is 0 Å². The molecule has 0 unspecified atom stereocenters. The van der Waals surface area contributed by atoms with Gasteiger partial charge in [-0.1, -0.05) is 45.7 Å². The first-order valence-electron chi connectivity index (χ1n) is 10.5. The van der Waals surface area contributed by atoms with Crippen LogP contribution in [0.15, 0.2) is 75.5 Å². The Bertz CT molecular complexity index is 1420. The number of azo groups is 1. The van der Waals surface area contributed by atoms with E-state index in [2.05, 4.69) is 56.7 Å². The largest absolute Gasteiger partial charge is 0.419 e. The molecule has 0 saturated heterocycles. The zero-order valence-electron chi connectivity index (χ0n) is 18.6. The molecule has 0 atom stereocenters. The van der Waals surface area contributed by atoms with Crippen molar-refractivity contribution >= 4 is 51.1 Å². The summed E-state index contributed by atoms with van der Waals surface area (Å²) in [6.07, 6.45) is -3.31. The molecule has 4 aromatic rings. The third-order valence-electron chi connectivity index (χ3n) is 4.69. The van der Waals surface area contributed by atoms with Crippen LogP contribution < -0.4 is 10.6 Å². The van der Waals surface area contributed by atoms with E-state index in [4.69, 9.17) is 11.6 Å². The minimum Gasteiger partial charge on any atom is -0.350 e. The van der Waals surface area contributed by atoms with Gasteiger partial charge in [-0.15, -0.1) is 5.11 Å². The van der Waals surface area contributed by atoms with E-state index in [9.17, 15) is 17.6 Å². The maximum atomic E-state index is 13.7. The molecule has 8 nitrogen and oxygen atoms in total. The van der Waals surface area contributed by atoms with E-state index in [0.29, 0.717) is 17.3 Å². The van der Waals surface area contributed by atoms with Gasteiger partial charge in [0.05, 0.1) is 12.1 Å². The standard InChI is InChI=1S/C23H16BrClF4N8/c24-15-3-1-2-13(8-15)12-32-37-22-35-20(31-11-14-4-7-19(25)30-10-14)34-21(36-22)33-16-5-6-18(26)17(9-16)23(27,28)29/h1-10H,11-12H2,(H2,31,33,34,35,36). The van der Waals surface area contributed by atoms with Gasteiger partial charge >= 0.3 is 6.18 Å². The summed E-state index contributed by atoms with van der Waals surface area (Å²) in [6, 6.07) is 13.3. The van der Waals surface area contributed by atoms with Gasteiger partial charge < -0.3 is 10.6 Å². The number of nitrogens with one attached hydrogen (secondary N) is 2. The predicted octanol–water partition coefficient (Wildman–Crippen LogP) is 7.48. The van der Waals surface area contributed by atoms with Crippen molar-refractivity contribution in [3.05, 3.63) is 92.9 Å². The Morgan fingerprint density at radius 1 is 0.946 bits per heavy atom. The van der Waals surface area contributed by atoms with E-state index >= 15 is 0 Å². The van der Waals surface area contributed by atoms with E-state index in [-0.39, 0.29) is 36.6 Å². The molecule has 0 saturated carbocycles. The third kappa shape index (κ3) is 7.64. The van der Waals surface area contributed by atoms with Gasteiger partial charge in [-0.2, -0.15) is 33.2 Å². The summed E-state index contributed by atoms with van der Waals surface area (Å²) in [6.45, 7) is 0.497. The normalized spacial score (nSPS) is 11.6. The lowest BCUT2D eigenvalue weighted by Crippen LogP contribution is -2.10. The topological polar surface area (TPSA) is 100 Å². The van der Waals surface area contributed by atoms with Crippen molar-refractivity contribution in [2.75, 3.05) is 10.6 Å². The van der Waals surface area contributed by atoms with Gasteiger partial charge in [-0.25, -0.2) is 9.37 Å². The number of hydrogen-bond donors (Lipinski definition) is 2. The summed E-state index contributed by atoms with van der Waals surface area (Å²) in [5, 5.41) is 14.1. The van der Waals surface area contributed by atoms with E-state index in [1.54, 1.807) is 18.3 Å². The SMILES string of the molecule is Fc1ccc(Nc2nc(N=NCc3cccc(Br)c3)nc(NCc3ccc(Cl)nc3)n2)cc1C(F)(F)F. The van der Waals surface area contributed by atoms with Crippen LogP contribution in [0.3, 0.4) is 0 Å². The van der Waals surface area contributed by atoms with Crippen molar-refractivity contribution in [3.63, 3.8) is 0 Å². The molecular weight excluding hydrogens is 580 g/mol. The molecular formula is C23H16BrClF4N8. The van der Waals surface area contributed by atoms with Crippen LogP contribution in [-0.2, 0) is 19.3 Å². The molecule has 2 heterocycles. The first-order valence-corrected chi connectivity index (χ1v) is 11.7. The Kier molecular flexibility index (Phi) is 8.24. The highest BCUT2D eigenvalue weighted by molar-refractivity contribution is 9.10. The first kappa shape index (κ1) is 26.4. The molecule has 2 aromatic carbocycles. The molecule has 0 aliphatic carbocycles. The first-order chi connectivity index (χ1) is 17.7. The molecule has 0 aliphatic heterocycles. The highest BCUT2D eigenvalue weighted by Crippen LogP contribution is 2.33. The molecule has 0 bridgehead atoms. The number of benzene rings is 2. The summed E-state index contributed by atoms with van der Waals surface area (Å²) in [5.74, 6) is -1.54. The van der Waals surface area contributed by atoms with Crippen LogP contribution in [-0.4, -0.2) is 19.9 Å². The fraction of sp³-hybridized carbons (Fsp3) is 0.130. The van der Waals surface area contributed by atoms with Crippen LogP contribution >= 0.6 is 27.5 Å². The van der Waals surface area contributed by atoms with Crippen LogP contribution in [0.25, 0.3) is 0 Å². The molecule has 0 amide bonds. The van der Waals surface area contributed by atoms with Gasteiger partial charge in [0, 0.05) is 22.9 Å². The molecule has 0 radical (unpaired) electrons. The second kappa shape index (κ2) is 11.6. The quantitative estimate of drug-likeness (QED) is 0.124. The van der Waals surface area contributed by atoms with Crippen molar-refractivity contribution < 1.29 is 17.6 Å². The summed E-state index contributed by atoms with van der Waals surface area (Å²) >= 11 is 9.19. The van der Waals surface area contributed by atoms with E-state index in [1.165, 1.54) is 0 Å². The van der Waals surface area contributed by atoms with Crippen LogP contribution in [0, 0.1) is 5.82 Å². The van der Waals surface area contributed by atoms with Gasteiger partial charge in [-0.05, 0) is 47.5 Å². The van der Waals surface area contributed by atoms with Gasteiger partial charge in [0.2, 0.25) is 11.9 Å². The molecule has 4 rings (SSSR count). The lowest BCUT2D eigenvalue weighted by atomic mass is 10.2. The molecule has 0 spiro atoms. The van der Waals surface area contributed by atoms with Crippen molar-refractivity contribution in [1.82, 2.24) is 19.9 Å². The summed E-state index contributed by atoms with van der Waals surface area (Å²) < 4.78 is 53.9. The lowest BCUT2D eigenvalue weighted by molar-refractivity contribution is -0.139. The smallest absolute Gasteiger partial charge is 0.350 e.